The summed E-state index contributed by atoms with van der Waals surface area (Å²) < 4.78 is 0. The average Bonchev–Trinajstić information content (AvgIpc) is 2.79. The summed E-state index contributed by atoms with van der Waals surface area (Å²) >= 11 is 0. The first kappa shape index (κ1) is 20.8. The number of nitrogens with zero attached hydrogens (tertiary/aromatic N) is 2. The van der Waals surface area contributed by atoms with Gasteiger partial charge in [-0.05, 0) is 44.2 Å². The van der Waals surface area contributed by atoms with Crippen LogP contribution in [0.25, 0.3) is 11.0 Å². The second kappa shape index (κ2) is 10.5. The summed E-state index contributed by atoms with van der Waals surface area (Å²) in [6.07, 6.45) is 3.60. The molecule has 1 aromatic rings. The minimum Gasteiger partial charge on any atom is -0.811 e. The standard InChI is InChI=1S/C16H19N2.C2H6.Yb/c1-4-11(2)14-7-5-6-8-16(14)18-13-9-12(3)15(17)10-13;1-2;/h4-8,12H,9-10H2,1-3H3;1-2H3;/q-1;;. The first-order valence-corrected chi connectivity index (χ1v) is 7.45. The van der Waals surface area contributed by atoms with E-state index < -0.39 is 0 Å². The predicted molar refractivity (Wildman–Crippen MR) is 91.0 cm³/mol. The molecule has 1 aliphatic rings. The smallest absolute Gasteiger partial charge is 0.0704 e. The maximum absolute atomic E-state index is 9.70. The van der Waals surface area contributed by atoms with Crippen LogP contribution in [0.2, 0.25) is 0 Å². The van der Waals surface area contributed by atoms with Gasteiger partial charge in [-0.2, -0.15) is 5.71 Å². The van der Waals surface area contributed by atoms with Crippen molar-refractivity contribution < 1.29 is 46.9 Å². The molecule has 21 heavy (non-hydrogen) atoms. The van der Waals surface area contributed by atoms with Crippen molar-refractivity contribution in [3.63, 3.8) is 0 Å². The summed E-state index contributed by atoms with van der Waals surface area (Å²) in [7, 11) is 0. The summed E-state index contributed by atoms with van der Waals surface area (Å²) in [5, 5.41) is 9.70. The van der Waals surface area contributed by atoms with Crippen LogP contribution in [0.3, 0.4) is 0 Å². The number of benzene rings is 1. The normalized spacial score (nSPS) is 19.9. The van der Waals surface area contributed by atoms with Crippen molar-refractivity contribution in [3.8, 4) is 0 Å². The van der Waals surface area contributed by atoms with E-state index in [1.165, 1.54) is 11.1 Å². The summed E-state index contributed by atoms with van der Waals surface area (Å²) in [5.41, 5.74) is 5.05. The molecule has 1 saturated carbocycles. The third-order valence-corrected chi connectivity index (χ3v) is 3.54. The van der Waals surface area contributed by atoms with Crippen LogP contribution < -0.4 is 0 Å². The van der Waals surface area contributed by atoms with Gasteiger partial charge in [-0.25, -0.2) is 0 Å². The van der Waals surface area contributed by atoms with Gasteiger partial charge in [-0.15, -0.1) is 0 Å². The molecule has 0 aliphatic heterocycles. The van der Waals surface area contributed by atoms with Gasteiger partial charge in [0.25, 0.3) is 0 Å². The number of aliphatic imine (C=N–C) groups is 1. The van der Waals surface area contributed by atoms with Crippen LogP contribution in [-0.4, -0.2) is 11.4 Å². The fourth-order valence-electron chi connectivity index (χ4n) is 2.24. The molecule has 0 amide bonds. The molecule has 1 fully saturated rings. The fraction of sp³-hybridized carbons (Fsp3) is 0.444. The largest absolute Gasteiger partial charge is 0.811 e. The zero-order valence-corrected chi connectivity index (χ0v) is 15.3. The van der Waals surface area contributed by atoms with Crippen molar-refractivity contribution in [2.45, 2.75) is 47.5 Å². The summed E-state index contributed by atoms with van der Waals surface area (Å²) in [5.74, 6) is 0.249. The van der Waals surface area contributed by atoms with Crippen molar-refractivity contribution in [1.29, 1.82) is 0 Å². The first-order chi connectivity index (χ1) is 9.61. The molecular formula is C18H25N2Yb-. The maximum atomic E-state index is 9.70. The third kappa shape index (κ3) is 5.84. The van der Waals surface area contributed by atoms with Crippen LogP contribution in [0.5, 0.6) is 0 Å². The Balaban J connectivity index is 0.00000128. The minimum absolute atomic E-state index is 0. The van der Waals surface area contributed by atoms with Crippen LogP contribution in [0, 0.1) is 52.8 Å². The van der Waals surface area contributed by atoms with Crippen molar-refractivity contribution >= 4 is 22.7 Å². The van der Waals surface area contributed by atoms with E-state index in [1.54, 1.807) is 0 Å². The van der Waals surface area contributed by atoms with Crippen LogP contribution in [0.4, 0.5) is 5.69 Å². The SMILES string of the molecule is CC.CC=C(C)c1ccccc1N=C1CC(=[N-])C(C)C1.[Yb]. The van der Waals surface area contributed by atoms with Crippen molar-refractivity contribution in [1.82, 2.24) is 0 Å². The van der Waals surface area contributed by atoms with Gasteiger partial charge in [-0.1, -0.05) is 45.0 Å². The number of hydrogen-bond donors (Lipinski definition) is 0. The Hall–Kier alpha value is -0.181. The van der Waals surface area contributed by atoms with E-state index in [9.17, 15) is 5.41 Å². The topological polar surface area (TPSA) is 34.7 Å². The zero-order chi connectivity index (χ0) is 15.1. The van der Waals surface area contributed by atoms with Crippen molar-refractivity contribution in [3.05, 3.63) is 41.3 Å². The van der Waals surface area contributed by atoms with Gasteiger partial charge >= 0.3 is 0 Å². The second-order valence-corrected chi connectivity index (χ2v) is 4.94. The maximum Gasteiger partial charge on any atom is 0.0704 e. The Bertz CT molecular complexity index is 530. The molecule has 2 nitrogen and oxygen atoms in total. The van der Waals surface area contributed by atoms with Gasteiger partial charge in [0.2, 0.25) is 0 Å². The molecule has 1 unspecified atom stereocenters. The monoisotopic (exact) mass is 443 g/mol. The van der Waals surface area contributed by atoms with E-state index in [0.29, 0.717) is 12.1 Å². The quantitative estimate of drug-likeness (QED) is 0.568. The van der Waals surface area contributed by atoms with E-state index in [1.807, 2.05) is 45.9 Å². The molecule has 0 N–H and O–H groups in total. The van der Waals surface area contributed by atoms with E-state index in [0.717, 1.165) is 17.8 Å². The molecule has 0 spiro atoms. The predicted octanol–water partition coefficient (Wildman–Crippen LogP) is 5.65. The van der Waals surface area contributed by atoms with Gasteiger partial charge in [0.1, 0.15) is 0 Å². The van der Waals surface area contributed by atoms with Crippen LogP contribution in [-0.2, 0) is 0 Å². The fourth-order valence-corrected chi connectivity index (χ4v) is 2.24. The number of rotatable bonds is 2. The summed E-state index contributed by atoms with van der Waals surface area (Å²) in [4.78, 5) is 4.72. The van der Waals surface area contributed by atoms with E-state index in [-0.39, 0.29) is 52.8 Å². The molecule has 0 heterocycles. The van der Waals surface area contributed by atoms with Crippen LogP contribution >= 0.6 is 0 Å². The van der Waals surface area contributed by atoms with Gasteiger partial charge in [-0.3, -0.25) is 4.99 Å². The molecule has 122 valence electrons. The van der Waals surface area contributed by atoms with Gasteiger partial charge < -0.3 is 5.41 Å². The van der Waals surface area contributed by atoms with Crippen molar-refractivity contribution in [2.75, 3.05) is 0 Å². The molecule has 2 rings (SSSR count). The van der Waals surface area contributed by atoms with Crippen molar-refractivity contribution in [2.24, 2.45) is 10.9 Å². The Morgan fingerprint density at radius 3 is 2.43 bits per heavy atom. The number of allylic oxidation sites excluding steroid dienone is 2. The van der Waals surface area contributed by atoms with E-state index >= 15 is 0 Å². The van der Waals surface area contributed by atoms with E-state index in [4.69, 9.17) is 4.99 Å². The Labute approximate surface area is 167 Å². The van der Waals surface area contributed by atoms with Gasteiger partial charge in [0.15, 0.2) is 0 Å². The molecule has 0 radical (unpaired) electrons. The first-order valence-electron chi connectivity index (χ1n) is 7.45. The molecule has 0 saturated heterocycles. The molecule has 0 aromatic heterocycles. The Morgan fingerprint density at radius 1 is 1.29 bits per heavy atom. The number of para-hydroxylation sites is 1. The second-order valence-electron chi connectivity index (χ2n) is 4.94. The zero-order valence-electron chi connectivity index (χ0n) is 13.5. The Kier molecular flexibility index (Phi) is 10.4. The third-order valence-electron chi connectivity index (χ3n) is 3.54. The minimum atomic E-state index is 0. The van der Waals surface area contributed by atoms with Crippen LogP contribution in [0.1, 0.15) is 53.0 Å². The van der Waals surface area contributed by atoms with E-state index in [2.05, 4.69) is 19.1 Å². The summed E-state index contributed by atoms with van der Waals surface area (Å²) in [6.45, 7) is 10.2. The molecule has 3 heteroatoms. The molecule has 1 aliphatic carbocycles. The van der Waals surface area contributed by atoms with Gasteiger partial charge in [0, 0.05) is 58.2 Å². The van der Waals surface area contributed by atoms with Crippen LogP contribution in [0.15, 0.2) is 35.3 Å². The molecule has 1 atom stereocenters. The number of hydrogen-bond acceptors (Lipinski definition) is 1. The van der Waals surface area contributed by atoms with Gasteiger partial charge in [0.05, 0.1) is 5.69 Å². The molecule has 0 bridgehead atoms. The average molecular weight is 442 g/mol. The molecule has 1 aromatic carbocycles. The Morgan fingerprint density at radius 2 is 1.90 bits per heavy atom. The molecular weight excluding hydrogens is 417 g/mol. The summed E-state index contributed by atoms with van der Waals surface area (Å²) in [6, 6.07) is 8.17.